The molecule has 0 saturated heterocycles. The van der Waals surface area contributed by atoms with Gasteiger partial charge in [0.15, 0.2) is 0 Å². The van der Waals surface area contributed by atoms with Crippen LogP contribution in [0.1, 0.15) is 27.7 Å². The molecule has 8 heteroatoms. The second-order valence-electron chi connectivity index (χ2n) is 3.95. The van der Waals surface area contributed by atoms with E-state index >= 15 is 0 Å². The third-order valence-electron chi connectivity index (χ3n) is 1.88. The number of alkyl halides is 3. The molecular formula is C10H17F3N2O3. The SMILES string of the molecule is CCOC(=O)[C@](NC(C)=O)(NC(C)C)C(F)(F)F. The molecule has 0 aromatic rings. The molecule has 0 radical (unpaired) electrons. The second kappa shape index (κ2) is 6.03. The lowest BCUT2D eigenvalue weighted by Gasteiger charge is -2.35. The summed E-state index contributed by atoms with van der Waals surface area (Å²) in [4.78, 5) is 22.5. The van der Waals surface area contributed by atoms with Crippen molar-refractivity contribution in [3.05, 3.63) is 0 Å². The summed E-state index contributed by atoms with van der Waals surface area (Å²) in [5, 5.41) is 3.62. The van der Waals surface area contributed by atoms with E-state index in [-0.39, 0.29) is 6.61 Å². The lowest BCUT2D eigenvalue weighted by Crippen LogP contribution is -2.73. The summed E-state index contributed by atoms with van der Waals surface area (Å²) in [6.45, 7) is 4.88. The monoisotopic (exact) mass is 270 g/mol. The van der Waals surface area contributed by atoms with Crippen molar-refractivity contribution in [3.8, 4) is 0 Å². The lowest BCUT2D eigenvalue weighted by atomic mass is 10.1. The number of rotatable bonds is 5. The minimum atomic E-state index is -5.02. The number of esters is 1. The Bertz CT molecular complexity index is 318. The molecule has 0 rings (SSSR count). The van der Waals surface area contributed by atoms with Crippen molar-refractivity contribution in [2.45, 2.75) is 45.6 Å². The Morgan fingerprint density at radius 2 is 1.78 bits per heavy atom. The molecule has 5 nitrogen and oxygen atoms in total. The van der Waals surface area contributed by atoms with Crippen LogP contribution in [0, 0.1) is 0 Å². The summed E-state index contributed by atoms with van der Waals surface area (Å²) in [6.07, 6.45) is -5.02. The number of carbonyl (C=O) groups excluding carboxylic acids is 2. The van der Waals surface area contributed by atoms with Crippen molar-refractivity contribution >= 4 is 11.9 Å². The quantitative estimate of drug-likeness (QED) is 0.576. The van der Waals surface area contributed by atoms with Gasteiger partial charge in [-0.2, -0.15) is 13.2 Å². The van der Waals surface area contributed by atoms with Gasteiger partial charge in [0.1, 0.15) is 0 Å². The van der Waals surface area contributed by atoms with Gasteiger partial charge in [-0.15, -0.1) is 0 Å². The van der Waals surface area contributed by atoms with Crippen LogP contribution >= 0.6 is 0 Å². The van der Waals surface area contributed by atoms with Crippen LogP contribution in [0.5, 0.6) is 0 Å². The highest BCUT2D eigenvalue weighted by Crippen LogP contribution is 2.30. The predicted octanol–water partition coefficient (Wildman–Crippen LogP) is 0.942. The van der Waals surface area contributed by atoms with E-state index in [1.54, 1.807) is 5.32 Å². The topological polar surface area (TPSA) is 67.4 Å². The Labute approximate surface area is 103 Å². The molecule has 2 N–H and O–H groups in total. The molecule has 0 saturated carbocycles. The fourth-order valence-electron chi connectivity index (χ4n) is 1.35. The third-order valence-corrected chi connectivity index (χ3v) is 1.88. The first kappa shape index (κ1) is 16.7. The Hall–Kier alpha value is -1.31. The minimum Gasteiger partial charge on any atom is -0.463 e. The molecule has 0 aromatic heterocycles. The van der Waals surface area contributed by atoms with E-state index in [0.29, 0.717) is 0 Å². The van der Waals surface area contributed by atoms with Crippen molar-refractivity contribution in [1.29, 1.82) is 0 Å². The molecule has 1 amide bonds. The highest BCUT2D eigenvalue weighted by molar-refractivity contribution is 5.87. The van der Waals surface area contributed by atoms with Crippen LogP contribution < -0.4 is 10.6 Å². The third kappa shape index (κ3) is 3.86. The van der Waals surface area contributed by atoms with Crippen LogP contribution in [0.4, 0.5) is 13.2 Å². The first-order valence-corrected chi connectivity index (χ1v) is 5.37. The van der Waals surface area contributed by atoms with Crippen LogP contribution in [0.25, 0.3) is 0 Å². The molecule has 106 valence electrons. The minimum absolute atomic E-state index is 0.226. The number of carbonyl (C=O) groups is 2. The van der Waals surface area contributed by atoms with Crippen molar-refractivity contribution in [2.24, 2.45) is 0 Å². The van der Waals surface area contributed by atoms with Gasteiger partial charge in [0.25, 0.3) is 5.66 Å². The van der Waals surface area contributed by atoms with Gasteiger partial charge in [0, 0.05) is 13.0 Å². The number of ether oxygens (including phenoxy) is 1. The van der Waals surface area contributed by atoms with E-state index < -0.39 is 29.8 Å². The van der Waals surface area contributed by atoms with E-state index in [0.717, 1.165) is 6.92 Å². The van der Waals surface area contributed by atoms with Crippen molar-refractivity contribution < 1.29 is 27.5 Å². The van der Waals surface area contributed by atoms with Crippen LogP contribution in [0.2, 0.25) is 0 Å². The fourth-order valence-corrected chi connectivity index (χ4v) is 1.35. The summed E-state index contributed by atoms with van der Waals surface area (Å²) >= 11 is 0. The summed E-state index contributed by atoms with van der Waals surface area (Å²) in [7, 11) is 0. The average Bonchev–Trinajstić information content (AvgIpc) is 2.13. The van der Waals surface area contributed by atoms with Gasteiger partial charge in [0.2, 0.25) is 5.91 Å². The Balaban J connectivity index is 5.54. The number of halogens is 3. The standard InChI is InChI=1S/C10H17F3N2O3/c1-5-18-8(17)9(10(11,12)13,14-6(2)3)15-7(4)16/h6,14H,5H2,1-4H3,(H,15,16)/t9-/m1/s1. The molecule has 0 bridgehead atoms. The molecule has 0 aliphatic carbocycles. The van der Waals surface area contributed by atoms with Crippen molar-refractivity contribution in [3.63, 3.8) is 0 Å². The van der Waals surface area contributed by atoms with Crippen LogP contribution in [-0.4, -0.2) is 36.4 Å². The zero-order chi connectivity index (χ0) is 14.6. The summed E-state index contributed by atoms with van der Waals surface area (Å²) in [6, 6.07) is -0.692. The Kier molecular flexibility index (Phi) is 5.59. The molecule has 0 unspecified atom stereocenters. The summed E-state index contributed by atoms with van der Waals surface area (Å²) < 4.78 is 43.7. The van der Waals surface area contributed by atoms with Crippen LogP contribution in [0.15, 0.2) is 0 Å². The van der Waals surface area contributed by atoms with E-state index in [2.05, 4.69) is 4.74 Å². The number of amides is 1. The maximum Gasteiger partial charge on any atom is 0.436 e. The van der Waals surface area contributed by atoms with Crippen molar-refractivity contribution in [1.82, 2.24) is 10.6 Å². The molecule has 0 spiro atoms. The molecule has 0 heterocycles. The number of hydrogen-bond donors (Lipinski definition) is 2. The van der Waals surface area contributed by atoms with Gasteiger partial charge in [0.05, 0.1) is 6.61 Å². The predicted molar refractivity (Wildman–Crippen MR) is 57.5 cm³/mol. The first-order valence-electron chi connectivity index (χ1n) is 5.37. The second-order valence-corrected chi connectivity index (χ2v) is 3.95. The van der Waals surface area contributed by atoms with Gasteiger partial charge in [-0.3, -0.25) is 10.1 Å². The van der Waals surface area contributed by atoms with Crippen LogP contribution in [0.3, 0.4) is 0 Å². The Morgan fingerprint density at radius 1 is 1.28 bits per heavy atom. The Morgan fingerprint density at radius 3 is 2.06 bits per heavy atom. The zero-order valence-corrected chi connectivity index (χ0v) is 10.6. The van der Waals surface area contributed by atoms with Gasteiger partial charge < -0.3 is 10.1 Å². The maximum atomic E-state index is 13.1. The van der Waals surface area contributed by atoms with Gasteiger partial charge in [-0.1, -0.05) is 0 Å². The highest BCUT2D eigenvalue weighted by Gasteiger charge is 2.63. The van der Waals surface area contributed by atoms with Gasteiger partial charge in [-0.25, -0.2) is 4.79 Å². The molecule has 18 heavy (non-hydrogen) atoms. The molecular weight excluding hydrogens is 253 g/mol. The normalized spacial score (nSPS) is 15.1. The first-order chi connectivity index (χ1) is 8.06. The molecule has 1 atom stereocenters. The van der Waals surface area contributed by atoms with E-state index in [1.165, 1.54) is 20.8 Å². The molecule has 0 aliphatic rings. The molecule has 0 aromatic carbocycles. The average molecular weight is 270 g/mol. The fraction of sp³-hybridized carbons (Fsp3) is 0.800. The maximum absolute atomic E-state index is 13.1. The molecule has 0 aliphatic heterocycles. The number of nitrogens with one attached hydrogen (secondary N) is 2. The van der Waals surface area contributed by atoms with E-state index in [1.807, 2.05) is 5.32 Å². The highest BCUT2D eigenvalue weighted by atomic mass is 19.4. The zero-order valence-electron chi connectivity index (χ0n) is 10.6. The van der Waals surface area contributed by atoms with Crippen molar-refractivity contribution in [2.75, 3.05) is 6.61 Å². The van der Waals surface area contributed by atoms with Gasteiger partial charge >= 0.3 is 12.1 Å². The summed E-state index contributed by atoms with van der Waals surface area (Å²) in [5.41, 5.74) is -3.22. The molecule has 0 fully saturated rings. The van der Waals surface area contributed by atoms with Crippen LogP contribution in [-0.2, 0) is 14.3 Å². The smallest absolute Gasteiger partial charge is 0.436 e. The van der Waals surface area contributed by atoms with Gasteiger partial charge in [-0.05, 0) is 20.8 Å². The lowest BCUT2D eigenvalue weighted by molar-refractivity contribution is -0.222. The largest absolute Gasteiger partial charge is 0.463 e. The van der Waals surface area contributed by atoms with E-state index in [9.17, 15) is 22.8 Å². The number of hydrogen-bond acceptors (Lipinski definition) is 4. The summed E-state index contributed by atoms with van der Waals surface area (Å²) in [5.74, 6) is -2.57. The van der Waals surface area contributed by atoms with E-state index in [4.69, 9.17) is 0 Å².